The van der Waals surface area contributed by atoms with Gasteiger partial charge in [0.2, 0.25) is 0 Å². The number of carbonyl (C=O) groups is 2. The van der Waals surface area contributed by atoms with Crippen LogP contribution in [-0.2, 0) is 7.05 Å². The van der Waals surface area contributed by atoms with Crippen LogP contribution in [-0.4, -0.2) is 16.4 Å². The van der Waals surface area contributed by atoms with Crippen LogP contribution >= 0.6 is 0 Å². The van der Waals surface area contributed by atoms with Gasteiger partial charge < -0.3 is 16.0 Å². The summed E-state index contributed by atoms with van der Waals surface area (Å²) in [6, 6.07) is 0.989. The summed E-state index contributed by atoms with van der Waals surface area (Å²) in [5.74, 6) is -1.57. The maximum atomic E-state index is 11.2. The van der Waals surface area contributed by atoms with E-state index in [0.29, 0.717) is 0 Å². The third kappa shape index (κ3) is 1.63. The first-order valence-corrected chi connectivity index (χ1v) is 3.73. The minimum Gasteiger partial charge on any atom is -0.365 e. The van der Waals surface area contributed by atoms with Crippen molar-refractivity contribution in [2.24, 2.45) is 18.5 Å². The molecule has 0 radical (unpaired) electrons. The standard InChI is InChI=1S/C8H9N3O3/c1-11-3-4(7(9)13)6(12)2-5(11)8(10)14/h2-3H,1H3,(H2,9,13)(H2,10,14). The van der Waals surface area contributed by atoms with Crippen molar-refractivity contribution in [2.45, 2.75) is 0 Å². The summed E-state index contributed by atoms with van der Waals surface area (Å²) in [5, 5.41) is 0. The van der Waals surface area contributed by atoms with Crippen LogP contribution in [0.15, 0.2) is 17.1 Å². The molecule has 1 rings (SSSR count). The maximum absolute atomic E-state index is 11.2. The van der Waals surface area contributed by atoms with E-state index in [-0.39, 0.29) is 11.3 Å². The number of primary amides is 2. The van der Waals surface area contributed by atoms with Gasteiger partial charge in [-0.25, -0.2) is 0 Å². The molecule has 0 fully saturated rings. The van der Waals surface area contributed by atoms with Gasteiger partial charge in [-0.1, -0.05) is 0 Å². The topological polar surface area (TPSA) is 108 Å². The molecule has 6 heteroatoms. The predicted octanol–water partition coefficient (Wildman–Crippen LogP) is -1.42. The fourth-order valence-electron chi connectivity index (χ4n) is 1.06. The van der Waals surface area contributed by atoms with E-state index in [1.54, 1.807) is 0 Å². The highest BCUT2D eigenvalue weighted by atomic mass is 16.2. The number of amides is 2. The Balaban J connectivity index is 3.46. The zero-order valence-electron chi connectivity index (χ0n) is 7.48. The fraction of sp³-hybridized carbons (Fsp3) is 0.125. The molecule has 0 aliphatic heterocycles. The van der Waals surface area contributed by atoms with Crippen molar-refractivity contribution in [3.05, 3.63) is 33.7 Å². The summed E-state index contributed by atoms with van der Waals surface area (Å²) in [6.07, 6.45) is 1.19. The Bertz CT molecular complexity index is 461. The smallest absolute Gasteiger partial charge is 0.265 e. The number of rotatable bonds is 2. The monoisotopic (exact) mass is 195 g/mol. The van der Waals surface area contributed by atoms with Crippen molar-refractivity contribution < 1.29 is 9.59 Å². The first-order chi connectivity index (χ1) is 6.43. The molecule has 0 aliphatic carbocycles. The molecule has 1 aromatic rings. The molecule has 0 saturated heterocycles. The Morgan fingerprint density at radius 3 is 2.29 bits per heavy atom. The normalized spacial score (nSPS) is 9.79. The molecular weight excluding hydrogens is 186 g/mol. The van der Waals surface area contributed by atoms with Gasteiger partial charge in [-0.05, 0) is 0 Å². The van der Waals surface area contributed by atoms with E-state index in [9.17, 15) is 14.4 Å². The minimum absolute atomic E-state index is 0.0278. The molecule has 0 saturated carbocycles. The third-order valence-electron chi connectivity index (χ3n) is 1.75. The Labute approximate surface area is 79.1 Å². The second kappa shape index (κ2) is 3.33. The molecule has 4 N–H and O–H groups in total. The van der Waals surface area contributed by atoms with Crippen molar-refractivity contribution in [2.75, 3.05) is 0 Å². The second-order valence-corrected chi connectivity index (χ2v) is 2.78. The lowest BCUT2D eigenvalue weighted by Crippen LogP contribution is -2.27. The Kier molecular flexibility index (Phi) is 2.37. The zero-order valence-corrected chi connectivity index (χ0v) is 7.48. The molecule has 1 heterocycles. The van der Waals surface area contributed by atoms with Gasteiger partial charge in [0.25, 0.3) is 11.8 Å². The molecule has 1 aromatic heterocycles. The summed E-state index contributed by atoms with van der Waals surface area (Å²) >= 11 is 0. The molecule has 0 atom stereocenters. The predicted molar refractivity (Wildman–Crippen MR) is 48.7 cm³/mol. The highest BCUT2D eigenvalue weighted by molar-refractivity contribution is 5.94. The molecule has 0 spiro atoms. The van der Waals surface area contributed by atoms with Crippen LogP contribution in [0.3, 0.4) is 0 Å². The van der Waals surface area contributed by atoms with E-state index in [0.717, 1.165) is 6.07 Å². The molecule has 6 nitrogen and oxygen atoms in total. The summed E-state index contributed by atoms with van der Waals surface area (Å²) in [4.78, 5) is 32.8. The highest BCUT2D eigenvalue weighted by Gasteiger charge is 2.11. The number of pyridine rings is 1. The number of nitrogens with zero attached hydrogens (tertiary/aromatic N) is 1. The molecule has 14 heavy (non-hydrogen) atoms. The van der Waals surface area contributed by atoms with Crippen molar-refractivity contribution in [1.82, 2.24) is 4.57 Å². The fourth-order valence-corrected chi connectivity index (χ4v) is 1.06. The van der Waals surface area contributed by atoms with Gasteiger partial charge in [0, 0.05) is 19.3 Å². The molecular formula is C8H9N3O3. The van der Waals surface area contributed by atoms with Crippen molar-refractivity contribution >= 4 is 11.8 Å². The van der Waals surface area contributed by atoms with Crippen molar-refractivity contribution in [3.8, 4) is 0 Å². The average molecular weight is 195 g/mol. The molecule has 2 amide bonds. The van der Waals surface area contributed by atoms with E-state index < -0.39 is 17.2 Å². The van der Waals surface area contributed by atoms with Crippen LogP contribution in [0.4, 0.5) is 0 Å². The van der Waals surface area contributed by atoms with Gasteiger partial charge in [0.15, 0.2) is 5.43 Å². The van der Waals surface area contributed by atoms with Crippen LogP contribution in [0.25, 0.3) is 0 Å². The number of hydrogen-bond acceptors (Lipinski definition) is 3. The lowest BCUT2D eigenvalue weighted by atomic mass is 10.2. The van der Waals surface area contributed by atoms with E-state index in [2.05, 4.69) is 0 Å². The number of hydrogen-bond donors (Lipinski definition) is 2. The first kappa shape index (κ1) is 9.97. The number of aryl methyl sites for hydroxylation is 1. The summed E-state index contributed by atoms with van der Waals surface area (Å²) < 4.78 is 1.28. The number of aromatic nitrogens is 1. The first-order valence-electron chi connectivity index (χ1n) is 3.73. The Morgan fingerprint density at radius 1 is 1.29 bits per heavy atom. The molecule has 0 aromatic carbocycles. The van der Waals surface area contributed by atoms with Gasteiger partial charge in [0.05, 0.1) is 0 Å². The van der Waals surface area contributed by atoms with E-state index in [1.807, 2.05) is 0 Å². The van der Waals surface area contributed by atoms with E-state index in [4.69, 9.17) is 11.5 Å². The largest absolute Gasteiger partial charge is 0.365 e. The highest BCUT2D eigenvalue weighted by Crippen LogP contribution is 1.96. The Morgan fingerprint density at radius 2 is 1.86 bits per heavy atom. The molecule has 0 unspecified atom stereocenters. The summed E-state index contributed by atoms with van der Waals surface area (Å²) in [5.41, 5.74) is 9.19. The Hall–Kier alpha value is -2.11. The van der Waals surface area contributed by atoms with Gasteiger partial charge in [-0.2, -0.15) is 0 Å². The van der Waals surface area contributed by atoms with Crippen LogP contribution in [0.2, 0.25) is 0 Å². The van der Waals surface area contributed by atoms with E-state index >= 15 is 0 Å². The van der Waals surface area contributed by atoms with Crippen LogP contribution in [0.1, 0.15) is 20.8 Å². The molecule has 0 aliphatic rings. The maximum Gasteiger partial charge on any atom is 0.265 e. The lowest BCUT2D eigenvalue weighted by molar-refractivity contribution is 0.0980. The quantitative estimate of drug-likeness (QED) is 0.604. The number of nitrogens with two attached hydrogens (primary N) is 2. The van der Waals surface area contributed by atoms with Crippen LogP contribution < -0.4 is 16.9 Å². The SMILES string of the molecule is Cn1cc(C(N)=O)c(=O)cc1C(N)=O. The molecule has 0 bridgehead atoms. The van der Waals surface area contributed by atoms with Gasteiger partial charge in [-0.15, -0.1) is 0 Å². The summed E-state index contributed by atoms with van der Waals surface area (Å²) in [7, 11) is 1.49. The average Bonchev–Trinajstić information content (AvgIpc) is 2.07. The van der Waals surface area contributed by atoms with Crippen molar-refractivity contribution in [3.63, 3.8) is 0 Å². The van der Waals surface area contributed by atoms with Crippen molar-refractivity contribution in [1.29, 1.82) is 0 Å². The summed E-state index contributed by atoms with van der Waals surface area (Å²) in [6.45, 7) is 0. The molecule has 74 valence electrons. The third-order valence-corrected chi connectivity index (χ3v) is 1.75. The minimum atomic E-state index is -0.832. The van der Waals surface area contributed by atoms with Crippen LogP contribution in [0, 0.1) is 0 Å². The number of carbonyl (C=O) groups excluding carboxylic acids is 2. The van der Waals surface area contributed by atoms with E-state index in [1.165, 1.54) is 17.8 Å². The second-order valence-electron chi connectivity index (χ2n) is 2.78. The zero-order chi connectivity index (χ0) is 10.9. The van der Waals surface area contributed by atoms with Gasteiger partial charge in [-0.3, -0.25) is 14.4 Å². The lowest BCUT2D eigenvalue weighted by Gasteiger charge is -2.05. The van der Waals surface area contributed by atoms with Gasteiger partial charge >= 0.3 is 0 Å². The van der Waals surface area contributed by atoms with Gasteiger partial charge in [0.1, 0.15) is 11.3 Å². The van der Waals surface area contributed by atoms with Crippen LogP contribution in [0.5, 0.6) is 0 Å².